The first-order chi connectivity index (χ1) is 13.0. The maximum Gasteiger partial charge on any atom is 0.326 e. The van der Waals surface area contributed by atoms with E-state index >= 15 is 0 Å². The molecule has 2 aliphatic rings. The van der Waals surface area contributed by atoms with Crippen molar-refractivity contribution in [3.63, 3.8) is 0 Å². The summed E-state index contributed by atoms with van der Waals surface area (Å²) in [7, 11) is 0. The molecule has 1 atom stereocenters. The number of benzene rings is 1. The number of amides is 1. The lowest BCUT2D eigenvalue weighted by atomic mass is 9.72. The summed E-state index contributed by atoms with van der Waals surface area (Å²) in [6.07, 6.45) is 3.24. The zero-order valence-electron chi connectivity index (χ0n) is 15.4. The lowest BCUT2D eigenvalue weighted by molar-refractivity contribution is -0.155. The van der Waals surface area contributed by atoms with Crippen molar-refractivity contribution in [3.8, 4) is 0 Å². The molecule has 8 heteroatoms. The number of piperidine rings is 2. The van der Waals surface area contributed by atoms with Crippen molar-refractivity contribution in [2.75, 3.05) is 19.6 Å². The number of nitrogens with zero attached hydrogens (tertiary/aromatic N) is 4. The molecule has 27 heavy (non-hydrogen) atoms. The summed E-state index contributed by atoms with van der Waals surface area (Å²) in [5, 5.41) is 17.2. The Balaban J connectivity index is 1.41. The minimum Gasteiger partial charge on any atom is -0.480 e. The number of rotatable bonds is 4. The Morgan fingerprint density at radius 2 is 2.07 bits per heavy atom. The van der Waals surface area contributed by atoms with E-state index in [1.807, 2.05) is 18.2 Å². The Morgan fingerprint density at radius 3 is 2.81 bits per heavy atom. The van der Waals surface area contributed by atoms with E-state index in [1.165, 1.54) is 0 Å². The van der Waals surface area contributed by atoms with Crippen LogP contribution >= 0.6 is 0 Å². The van der Waals surface area contributed by atoms with Crippen LogP contribution in [0.1, 0.15) is 38.2 Å². The number of hydrogen-bond acceptors (Lipinski definition) is 6. The van der Waals surface area contributed by atoms with Gasteiger partial charge in [-0.05, 0) is 66.6 Å². The summed E-state index contributed by atoms with van der Waals surface area (Å²) in [6.45, 7) is 4.78. The van der Waals surface area contributed by atoms with Gasteiger partial charge < -0.3 is 10.0 Å². The van der Waals surface area contributed by atoms with Crippen LogP contribution in [0.2, 0.25) is 0 Å². The summed E-state index contributed by atoms with van der Waals surface area (Å²) in [4.78, 5) is 27.5. The highest BCUT2D eigenvalue weighted by Gasteiger charge is 2.43. The molecule has 4 rings (SSSR count). The lowest BCUT2D eigenvalue weighted by Gasteiger charge is -2.48. The maximum absolute atomic E-state index is 12.2. The molecule has 144 valence electrons. The van der Waals surface area contributed by atoms with Gasteiger partial charge in [0.15, 0.2) is 0 Å². The number of carboxylic acid groups (broad SMARTS) is 1. The summed E-state index contributed by atoms with van der Waals surface area (Å²) in [5.74, 6) is -0.977. The van der Waals surface area contributed by atoms with E-state index < -0.39 is 12.0 Å². The zero-order valence-corrected chi connectivity index (χ0v) is 15.4. The minimum atomic E-state index is -0.938. The number of carbonyl (C=O) groups excluding carboxylic acids is 1. The normalized spacial score (nSPS) is 21.7. The van der Waals surface area contributed by atoms with Gasteiger partial charge in [0, 0.05) is 19.5 Å². The average Bonchev–Trinajstić information content (AvgIpc) is 3.15. The first kappa shape index (κ1) is 17.9. The summed E-state index contributed by atoms with van der Waals surface area (Å²) >= 11 is 0. The van der Waals surface area contributed by atoms with Crippen LogP contribution in [0.5, 0.6) is 0 Å². The second-order valence-electron chi connectivity index (χ2n) is 7.86. The highest BCUT2D eigenvalue weighted by atomic mass is 16.6. The molecule has 1 N–H and O–H groups in total. The molecule has 1 amide bonds. The molecule has 1 aromatic carbocycles. The first-order valence-corrected chi connectivity index (χ1v) is 9.42. The van der Waals surface area contributed by atoms with Crippen molar-refractivity contribution in [1.29, 1.82) is 0 Å². The SMILES string of the molecule is C[C@H](C(=O)O)N1CC2(CCC1=O)CCN(Cc1cccc3nonc13)CC2. The molecule has 2 aliphatic heterocycles. The maximum atomic E-state index is 12.2. The summed E-state index contributed by atoms with van der Waals surface area (Å²) in [5.41, 5.74) is 2.72. The number of carboxylic acids is 1. The van der Waals surface area contributed by atoms with Crippen LogP contribution in [0.25, 0.3) is 11.0 Å². The predicted molar refractivity (Wildman–Crippen MR) is 96.8 cm³/mol. The molecule has 0 bridgehead atoms. The molecule has 2 saturated heterocycles. The third-order valence-electron chi connectivity index (χ3n) is 6.20. The Morgan fingerprint density at radius 1 is 1.30 bits per heavy atom. The van der Waals surface area contributed by atoms with E-state index in [-0.39, 0.29) is 11.3 Å². The molecule has 2 fully saturated rings. The van der Waals surface area contributed by atoms with Crippen molar-refractivity contribution in [2.45, 2.75) is 45.2 Å². The van der Waals surface area contributed by atoms with E-state index in [2.05, 4.69) is 15.2 Å². The first-order valence-electron chi connectivity index (χ1n) is 9.42. The molecule has 8 nitrogen and oxygen atoms in total. The van der Waals surface area contributed by atoms with Crippen LogP contribution < -0.4 is 0 Å². The van der Waals surface area contributed by atoms with Crippen LogP contribution in [0.4, 0.5) is 0 Å². The predicted octanol–water partition coefficient (Wildman–Crippen LogP) is 1.90. The van der Waals surface area contributed by atoms with Crippen molar-refractivity contribution in [1.82, 2.24) is 20.1 Å². The van der Waals surface area contributed by atoms with Gasteiger partial charge >= 0.3 is 5.97 Å². The van der Waals surface area contributed by atoms with Crippen LogP contribution in [0, 0.1) is 5.41 Å². The van der Waals surface area contributed by atoms with E-state index in [4.69, 9.17) is 4.63 Å². The number of hydrogen-bond donors (Lipinski definition) is 1. The van der Waals surface area contributed by atoms with Crippen LogP contribution in [0.15, 0.2) is 22.8 Å². The standard InChI is InChI=1S/C19H24N4O4/c1-13(18(25)26)23-12-19(6-5-16(23)24)7-9-22(10-8-19)11-14-3-2-4-15-17(14)21-27-20-15/h2-4,13H,5-12H2,1H3,(H,25,26)/t13-/m1/s1. The van der Waals surface area contributed by atoms with Gasteiger partial charge in [-0.2, -0.15) is 0 Å². The average molecular weight is 372 g/mol. The van der Waals surface area contributed by atoms with Gasteiger partial charge in [-0.3, -0.25) is 9.69 Å². The molecule has 0 aliphatic carbocycles. The smallest absolute Gasteiger partial charge is 0.326 e. The Labute approximate surface area is 157 Å². The Hall–Kier alpha value is -2.48. The molecular weight excluding hydrogens is 348 g/mol. The van der Waals surface area contributed by atoms with Crippen molar-refractivity contribution < 1.29 is 19.3 Å². The van der Waals surface area contributed by atoms with Gasteiger partial charge in [-0.1, -0.05) is 12.1 Å². The minimum absolute atomic E-state index is 0.0373. The molecule has 1 spiro atoms. The van der Waals surface area contributed by atoms with Crippen LogP contribution in [0.3, 0.4) is 0 Å². The quantitative estimate of drug-likeness (QED) is 0.875. The van der Waals surface area contributed by atoms with Crippen molar-refractivity contribution in [2.24, 2.45) is 5.41 Å². The Kier molecular flexibility index (Phi) is 4.59. The number of aromatic nitrogens is 2. The Bertz CT molecular complexity index is 856. The van der Waals surface area contributed by atoms with Crippen molar-refractivity contribution >= 4 is 22.9 Å². The highest BCUT2D eigenvalue weighted by molar-refractivity contribution is 5.84. The molecule has 0 unspecified atom stereocenters. The molecule has 2 aromatic rings. The van der Waals surface area contributed by atoms with Gasteiger partial charge in [0.25, 0.3) is 0 Å². The van der Waals surface area contributed by atoms with Gasteiger partial charge in [-0.25, -0.2) is 9.42 Å². The summed E-state index contributed by atoms with van der Waals surface area (Å²) in [6, 6.07) is 5.14. The van der Waals surface area contributed by atoms with E-state index in [1.54, 1.807) is 11.8 Å². The summed E-state index contributed by atoms with van der Waals surface area (Å²) < 4.78 is 4.84. The van der Waals surface area contributed by atoms with Crippen molar-refractivity contribution in [3.05, 3.63) is 23.8 Å². The molecule has 3 heterocycles. The third kappa shape index (κ3) is 3.41. The molecule has 0 radical (unpaired) electrons. The third-order valence-corrected chi connectivity index (χ3v) is 6.20. The fourth-order valence-electron chi connectivity index (χ4n) is 4.35. The highest BCUT2D eigenvalue weighted by Crippen LogP contribution is 2.41. The lowest BCUT2D eigenvalue weighted by Crippen LogP contribution is -2.55. The number of likely N-dealkylation sites (tertiary alicyclic amines) is 2. The van der Waals surface area contributed by atoms with Crippen LogP contribution in [-0.4, -0.2) is 62.8 Å². The van der Waals surface area contributed by atoms with Crippen LogP contribution in [-0.2, 0) is 16.1 Å². The molecule has 1 aromatic heterocycles. The zero-order chi connectivity index (χ0) is 19.0. The molecular formula is C19H24N4O4. The fourth-order valence-corrected chi connectivity index (χ4v) is 4.35. The van der Waals surface area contributed by atoms with Gasteiger partial charge in [-0.15, -0.1) is 0 Å². The van der Waals surface area contributed by atoms with E-state index in [9.17, 15) is 14.7 Å². The largest absolute Gasteiger partial charge is 0.480 e. The monoisotopic (exact) mass is 372 g/mol. The second kappa shape index (κ2) is 6.92. The fraction of sp³-hybridized carbons (Fsp3) is 0.579. The number of carbonyl (C=O) groups is 2. The van der Waals surface area contributed by atoms with Gasteiger partial charge in [0.1, 0.15) is 17.1 Å². The second-order valence-corrected chi connectivity index (χ2v) is 7.86. The number of aliphatic carboxylic acids is 1. The van der Waals surface area contributed by atoms with E-state index in [0.29, 0.717) is 13.0 Å². The van der Waals surface area contributed by atoms with Gasteiger partial charge in [0.05, 0.1) is 0 Å². The van der Waals surface area contributed by atoms with E-state index in [0.717, 1.165) is 55.5 Å². The topological polar surface area (TPSA) is 99.8 Å². The van der Waals surface area contributed by atoms with Gasteiger partial charge in [0.2, 0.25) is 5.91 Å². The number of fused-ring (bicyclic) bond motifs is 1. The molecule has 0 saturated carbocycles.